The molecule has 1 amide bonds. The Balaban J connectivity index is 2.06. The third kappa shape index (κ3) is 4.42. The molecule has 1 saturated carbocycles. The van der Waals surface area contributed by atoms with E-state index in [1.165, 1.54) is 12.8 Å². The van der Waals surface area contributed by atoms with Crippen LogP contribution in [0.1, 0.15) is 54.0 Å². The minimum absolute atomic E-state index is 0.105. The molecule has 0 spiro atoms. The predicted octanol–water partition coefficient (Wildman–Crippen LogP) is 2.81. The zero-order valence-corrected chi connectivity index (χ0v) is 16.9. The van der Waals surface area contributed by atoms with Crippen LogP contribution in [0.2, 0.25) is 0 Å². The van der Waals surface area contributed by atoms with Gasteiger partial charge in [-0.1, -0.05) is 0 Å². The molecule has 1 unspecified atom stereocenters. The Labute approximate surface area is 151 Å². The summed E-state index contributed by atoms with van der Waals surface area (Å²) in [4.78, 5) is 12.3. The van der Waals surface area contributed by atoms with E-state index in [2.05, 4.69) is 10.0 Å². The van der Waals surface area contributed by atoms with Crippen molar-refractivity contribution in [2.75, 3.05) is 6.54 Å². The van der Waals surface area contributed by atoms with Gasteiger partial charge in [-0.25, -0.2) is 13.1 Å². The van der Waals surface area contributed by atoms with Gasteiger partial charge in [-0.15, -0.1) is 0 Å². The topological polar surface area (TPSA) is 75.3 Å². The van der Waals surface area contributed by atoms with Crippen LogP contribution in [0.3, 0.4) is 0 Å². The van der Waals surface area contributed by atoms with Crippen molar-refractivity contribution in [3.63, 3.8) is 0 Å². The Bertz CT molecular complexity index is 751. The van der Waals surface area contributed by atoms with Gasteiger partial charge in [-0.3, -0.25) is 4.79 Å². The van der Waals surface area contributed by atoms with Crippen LogP contribution in [0.4, 0.5) is 0 Å². The van der Waals surface area contributed by atoms with E-state index in [0.717, 1.165) is 27.8 Å². The maximum Gasteiger partial charge on any atom is 0.241 e. The molecule has 6 heteroatoms. The normalized spacial score (nSPS) is 15.9. The Morgan fingerprint density at radius 1 is 1.00 bits per heavy atom. The van der Waals surface area contributed by atoms with E-state index in [9.17, 15) is 13.2 Å². The molecule has 0 saturated heterocycles. The summed E-state index contributed by atoms with van der Waals surface area (Å²) in [6, 6.07) is 0.177. The van der Waals surface area contributed by atoms with Crippen LogP contribution >= 0.6 is 0 Å². The molecule has 2 rings (SSSR count). The van der Waals surface area contributed by atoms with Crippen molar-refractivity contribution in [3.05, 3.63) is 27.8 Å². The van der Waals surface area contributed by atoms with Crippen LogP contribution in [0.15, 0.2) is 4.90 Å². The van der Waals surface area contributed by atoms with Gasteiger partial charge in [0.15, 0.2) is 0 Å². The molecule has 1 aliphatic carbocycles. The second-order valence-corrected chi connectivity index (χ2v) is 9.00. The fourth-order valence-electron chi connectivity index (χ4n) is 3.28. The second kappa shape index (κ2) is 7.46. The maximum atomic E-state index is 12.8. The molecule has 1 atom stereocenters. The van der Waals surface area contributed by atoms with Gasteiger partial charge in [0.25, 0.3) is 0 Å². The molecule has 5 nitrogen and oxygen atoms in total. The lowest BCUT2D eigenvalue weighted by Gasteiger charge is -2.19. The van der Waals surface area contributed by atoms with Crippen LogP contribution < -0.4 is 10.0 Å². The van der Waals surface area contributed by atoms with Crippen LogP contribution in [0.25, 0.3) is 0 Å². The number of sulfonamides is 1. The largest absolute Gasteiger partial charge is 0.353 e. The standard InChI is InChI=1S/C19H30N2O3S/c1-11-12(2)14(4)19(15(5)13(11)3)25(23,24)20-10-9-18(22)21-16(6)17-7-8-17/h16-17,20H,7-10H2,1-6H3,(H,21,22). The van der Waals surface area contributed by atoms with Gasteiger partial charge in [0.2, 0.25) is 15.9 Å². The van der Waals surface area contributed by atoms with E-state index in [1.54, 1.807) is 0 Å². The van der Waals surface area contributed by atoms with Crippen molar-refractivity contribution in [2.24, 2.45) is 5.92 Å². The fourth-order valence-corrected chi connectivity index (χ4v) is 4.91. The monoisotopic (exact) mass is 366 g/mol. The smallest absolute Gasteiger partial charge is 0.241 e. The van der Waals surface area contributed by atoms with Crippen molar-refractivity contribution in [1.82, 2.24) is 10.0 Å². The highest BCUT2D eigenvalue weighted by Crippen LogP contribution is 2.32. The van der Waals surface area contributed by atoms with E-state index < -0.39 is 10.0 Å². The highest BCUT2D eigenvalue weighted by atomic mass is 32.2. The van der Waals surface area contributed by atoms with Gasteiger partial charge in [0, 0.05) is 19.0 Å². The Morgan fingerprint density at radius 3 is 1.96 bits per heavy atom. The van der Waals surface area contributed by atoms with E-state index in [0.29, 0.717) is 10.8 Å². The molecule has 2 N–H and O–H groups in total. The third-order valence-electron chi connectivity index (χ3n) is 5.56. The first kappa shape index (κ1) is 19.9. The Hall–Kier alpha value is -1.40. The van der Waals surface area contributed by atoms with Gasteiger partial charge in [0.05, 0.1) is 4.90 Å². The zero-order chi connectivity index (χ0) is 18.9. The first-order valence-corrected chi connectivity index (χ1v) is 10.4. The van der Waals surface area contributed by atoms with E-state index in [4.69, 9.17) is 0 Å². The van der Waals surface area contributed by atoms with Crippen LogP contribution in [-0.2, 0) is 14.8 Å². The minimum Gasteiger partial charge on any atom is -0.353 e. The van der Waals surface area contributed by atoms with E-state index in [-0.39, 0.29) is 24.9 Å². The maximum absolute atomic E-state index is 12.8. The van der Waals surface area contributed by atoms with Gasteiger partial charge in [-0.05, 0) is 88.1 Å². The molecule has 0 radical (unpaired) electrons. The Kier molecular flexibility index (Phi) is 5.94. The molecular weight excluding hydrogens is 336 g/mol. The number of benzene rings is 1. The molecule has 1 fully saturated rings. The van der Waals surface area contributed by atoms with Crippen molar-refractivity contribution in [3.8, 4) is 0 Å². The Morgan fingerprint density at radius 2 is 1.48 bits per heavy atom. The van der Waals surface area contributed by atoms with Crippen molar-refractivity contribution < 1.29 is 13.2 Å². The number of hydrogen-bond donors (Lipinski definition) is 2. The highest BCUT2D eigenvalue weighted by Gasteiger charge is 2.29. The number of carbonyl (C=O) groups is 1. The molecule has 0 aromatic heterocycles. The quantitative estimate of drug-likeness (QED) is 0.779. The number of carbonyl (C=O) groups excluding carboxylic acids is 1. The van der Waals surface area contributed by atoms with Crippen LogP contribution in [0.5, 0.6) is 0 Å². The lowest BCUT2D eigenvalue weighted by molar-refractivity contribution is -0.121. The van der Waals surface area contributed by atoms with Crippen LogP contribution in [0, 0.1) is 40.5 Å². The summed E-state index contributed by atoms with van der Waals surface area (Å²) in [7, 11) is -3.64. The van der Waals surface area contributed by atoms with E-state index >= 15 is 0 Å². The second-order valence-electron chi connectivity index (χ2n) is 7.30. The molecule has 1 aliphatic rings. The van der Waals surface area contributed by atoms with Crippen molar-refractivity contribution >= 4 is 15.9 Å². The summed E-state index contributed by atoms with van der Waals surface area (Å²) in [5.74, 6) is 0.483. The van der Waals surface area contributed by atoms with Gasteiger partial charge >= 0.3 is 0 Å². The lowest BCUT2D eigenvalue weighted by atomic mass is 9.95. The number of rotatable bonds is 7. The van der Waals surface area contributed by atoms with Gasteiger partial charge < -0.3 is 5.32 Å². The lowest BCUT2D eigenvalue weighted by Crippen LogP contribution is -2.36. The first-order chi connectivity index (χ1) is 11.6. The molecule has 25 heavy (non-hydrogen) atoms. The summed E-state index contributed by atoms with van der Waals surface area (Å²) < 4.78 is 28.1. The molecule has 140 valence electrons. The molecular formula is C19H30N2O3S. The average Bonchev–Trinajstić information content (AvgIpc) is 3.35. The molecule has 0 heterocycles. The fraction of sp³-hybridized carbons (Fsp3) is 0.632. The van der Waals surface area contributed by atoms with Crippen molar-refractivity contribution in [2.45, 2.75) is 71.7 Å². The van der Waals surface area contributed by atoms with Gasteiger partial charge in [0.1, 0.15) is 0 Å². The molecule has 0 aliphatic heterocycles. The predicted molar refractivity (Wildman–Crippen MR) is 100 cm³/mol. The number of amides is 1. The summed E-state index contributed by atoms with van der Waals surface area (Å²) in [6.07, 6.45) is 2.48. The molecule has 1 aromatic carbocycles. The number of hydrogen-bond acceptors (Lipinski definition) is 3. The van der Waals surface area contributed by atoms with E-state index in [1.807, 2.05) is 41.5 Å². The third-order valence-corrected chi connectivity index (χ3v) is 7.30. The summed E-state index contributed by atoms with van der Waals surface area (Å²) >= 11 is 0. The minimum atomic E-state index is -3.64. The van der Waals surface area contributed by atoms with Crippen molar-refractivity contribution in [1.29, 1.82) is 0 Å². The summed E-state index contributed by atoms with van der Waals surface area (Å²) in [5.41, 5.74) is 4.68. The highest BCUT2D eigenvalue weighted by molar-refractivity contribution is 7.89. The summed E-state index contributed by atoms with van der Waals surface area (Å²) in [5, 5.41) is 2.94. The van der Waals surface area contributed by atoms with Crippen LogP contribution in [-0.4, -0.2) is 26.9 Å². The average molecular weight is 367 g/mol. The summed E-state index contributed by atoms with van der Waals surface area (Å²) in [6.45, 7) is 11.7. The molecule has 1 aromatic rings. The zero-order valence-electron chi connectivity index (χ0n) is 16.1. The first-order valence-electron chi connectivity index (χ1n) is 8.92. The SMILES string of the molecule is Cc1c(C)c(C)c(S(=O)(=O)NCCC(=O)NC(C)C2CC2)c(C)c1C. The van der Waals surface area contributed by atoms with Gasteiger partial charge in [-0.2, -0.15) is 0 Å². The molecule has 0 bridgehead atoms. The number of nitrogens with one attached hydrogen (secondary N) is 2.